The number of halogens is 1. The van der Waals surface area contributed by atoms with Crippen molar-refractivity contribution in [3.63, 3.8) is 0 Å². The van der Waals surface area contributed by atoms with Crippen LogP contribution in [-0.4, -0.2) is 28.2 Å². The van der Waals surface area contributed by atoms with Crippen molar-refractivity contribution in [2.75, 3.05) is 5.32 Å². The quantitative estimate of drug-likeness (QED) is 0.295. The Labute approximate surface area is 209 Å². The Morgan fingerprint density at radius 2 is 1.50 bits per heavy atom. The van der Waals surface area contributed by atoms with Crippen molar-refractivity contribution in [2.45, 2.75) is 19.0 Å². The van der Waals surface area contributed by atoms with Gasteiger partial charge in [0, 0.05) is 23.0 Å². The van der Waals surface area contributed by atoms with Crippen molar-refractivity contribution < 1.29 is 9.59 Å². The number of hydrogen-bond acceptors (Lipinski definition) is 5. The highest BCUT2D eigenvalue weighted by Crippen LogP contribution is 2.27. The third-order valence-electron chi connectivity index (χ3n) is 4.95. The minimum absolute atomic E-state index is 0.337. The molecule has 34 heavy (non-hydrogen) atoms. The van der Waals surface area contributed by atoms with E-state index in [1.54, 1.807) is 0 Å². The van der Waals surface area contributed by atoms with Gasteiger partial charge >= 0.3 is 6.03 Å². The molecule has 9 heteroatoms. The molecule has 4 rings (SSSR count). The molecular weight excluding hydrogens is 514 g/mol. The monoisotopic (exact) mass is 535 g/mol. The van der Waals surface area contributed by atoms with E-state index in [0.29, 0.717) is 23.1 Å². The topological polar surface area (TPSA) is 96.0 Å². The zero-order valence-electron chi connectivity index (χ0n) is 18.1. The summed E-state index contributed by atoms with van der Waals surface area (Å²) < 4.78 is 0.967. The summed E-state index contributed by atoms with van der Waals surface area (Å²) in [7, 11) is 0. The molecule has 0 fully saturated rings. The number of aromatic nitrogens is 2. The van der Waals surface area contributed by atoms with Gasteiger partial charge in [0.25, 0.3) is 0 Å². The summed E-state index contributed by atoms with van der Waals surface area (Å²) in [5, 5.41) is 17.7. The predicted molar refractivity (Wildman–Crippen MR) is 137 cm³/mol. The van der Waals surface area contributed by atoms with E-state index in [-0.39, 0.29) is 5.91 Å². The van der Waals surface area contributed by atoms with E-state index in [4.69, 9.17) is 0 Å². The lowest BCUT2D eigenvalue weighted by atomic mass is 10.1. The van der Waals surface area contributed by atoms with Crippen LogP contribution >= 0.6 is 27.3 Å². The van der Waals surface area contributed by atoms with Crippen molar-refractivity contribution >= 4 is 44.3 Å². The molecule has 3 aromatic carbocycles. The average Bonchev–Trinajstić information content (AvgIpc) is 3.32. The number of nitrogens with zero attached hydrogens (tertiary/aromatic N) is 2. The van der Waals surface area contributed by atoms with E-state index in [1.165, 1.54) is 11.3 Å². The number of carbonyl (C=O) groups excluding carboxylic acids is 2. The number of nitrogens with one attached hydrogen (secondary N) is 3. The molecule has 0 aliphatic rings. The third-order valence-corrected chi connectivity index (χ3v) is 6.36. The molecule has 0 bridgehead atoms. The minimum Gasteiger partial charge on any atom is -0.334 e. The fraction of sp³-hybridized carbons (Fsp3) is 0.120. The Balaban J connectivity index is 1.43. The lowest BCUT2D eigenvalue weighted by molar-refractivity contribution is -0.117. The number of carbonyl (C=O) groups is 2. The van der Waals surface area contributed by atoms with Crippen LogP contribution in [-0.2, 0) is 17.8 Å². The van der Waals surface area contributed by atoms with Gasteiger partial charge < -0.3 is 10.6 Å². The number of amides is 3. The zero-order chi connectivity index (χ0) is 23.8. The summed E-state index contributed by atoms with van der Waals surface area (Å²) in [4.78, 5) is 25.7. The van der Waals surface area contributed by atoms with Gasteiger partial charge in [-0.2, -0.15) is 0 Å². The van der Waals surface area contributed by atoms with Gasteiger partial charge in [-0.25, -0.2) is 4.79 Å². The molecule has 1 aromatic heterocycles. The van der Waals surface area contributed by atoms with Crippen LogP contribution in [0.25, 0.3) is 10.6 Å². The normalized spacial score (nSPS) is 11.4. The highest BCUT2D eigenvalue weighted by molar-refractivity contribution is 9.10. The molecule has 0 spiro atoms. The molecule has 1 heterocycles. The van der Waals surface area contributed by atoms with Gasteiger partial charge in [-0.05, 0) is 23.3 Å². The first-order valence-electron chi connectivity index (χ1n) is 10.6. The molecule has 172 valence electrons. The van der Waals surface area contributed by atoms with Gasteiger partial charge in [0.15, 0.2) is 0 Å². The van der Waals surface area contributed by atoms with Crippen LogP contribution in [0.1, 0.15) is 11.1 Å². The number of rotatable bonds is 8. The van der Waals surface area contributed by atoms with E-state index >= 15 is 0 Å². The average molecular weight is 536 g/mol. The standard InChI is InChI=1S/C25H22BrN5O2S/c26-20-13-11-19(12-14-20)23-30-31-25(34-23)29-22(32)21(15-17-7-3-1-4-8-17)28-24(33)27-16-18-9-5-2-6-10-18/h1-14,21H,15-16H2,(H2,27,28,33)(H,29,31,32). The van der Waals surface area contributed by atoms with E-state index in [0.717, 1.165) is 21.2 Å². The Morgan fingerprint density at radius 1 is 0.853 bits per heavy atom. The lowest BCUT2D eigenvalue weighted by Gasteiger charge is -2.18. The Morgan fingerprint density at radius 3 is 2.18 bits per heavy atom. The molecule has 4 aromatic rings. The van der Waals surface area contributed by atoms with Crippen LogP contribution in [0.4, 0.5) is 9.93 Å². The van der Waals surface area contributed by atoms with Crippen LogP contribution in [0, 0.1) is 0 Å². The Hall–Kier alpha value is -3.56. The van der Waals surface area contributed by atoms with E-state index in [1.807, 2.05) is 84.9 Å². The van der Waals surface area contributed by atoms with Gasteiger partial charge in [0.05, 0.1) is 0 Å². The van der Waals surface area contributed by atoms with Crippen LogP contribution in [0.15, 0.2) is 89.4 Å². The van der Waals surface area contributed by atoms with E-state index in [2.05, 4.69) is 42.1 Å². The molecule has 3 N–H and O–H groups in total. The molecule has 0 saturated heterocycles. The van der Waals surface area contributed by atoms with E-state index in [9.17, 15) is 9.59 Å². The summed E-state index contributed by atoms with van der Waals surface area (Å²) in [5.74, 6) is -0.364. The molecular formula is C25H22BrN5O2S. The molecule has 0 aliphatic carbocycles. The Kier molecular flexibility index (Phi) is 8.00. The van der Waals surface area contributed by atoms with Gasteiger partial charge in [-0.3, -0.25) is 10.1 Å². The van der Waals surface area contributed by atoms with Crippen molar-refractivity contribution in [3.05, 3.63) is 101 Å². The minimum atomic E-state index is -0.793. The fourth-order valence-electron chi connectivity index (χ4n) is 3.22. The van der Waals surface area contributed by atoms with Gasteiger partial charge in [0.2, 0.25) is 11.0 Å². The zero-order valence-corrected chi connectivity index (χ0v) is 20.5. The van der Waals surface area contributed by atoms with Gasteiger partial charge in [-0.1, -0.05) is 100 Å². The maximum Gasteiger partial charge on any atom is 0.315 e. The second-order valence-electron chi connectivity index (χ2n) is 7.46. The first-order chi connectivity index (χ1) is 16.6. The molecule has 0 radical (unpaired) electrons. The van der Waals surface area contributed by atoms with Crippen molar-refractivity contribution in [3.8, 4) is 10.6 Å². The third kappa shape index (κ3) is 6.72. The molecule has 1 unspecified atom stereocenters. The SMILES string of the molecule is O=C(NCc1ccccc1)NC(Cc1ccccc1)C(=O)Nc1nnc(-c2ccc(Br)cc2)s1. The van der Waals surface area contributed by atoms with E-state index < -0.39 is 12.1 Å². The Bertz CT molecular complexity index is 1230. The maximum absolute atomic E-state index is 13.1. The lowest BCUT2D eigenvalue weighted by Crippen LogP contribution is -2.49. The van der Waals surface area contributed by atoms with Gasteiger partial charge in [-0.15, -0.1) is 10.2 Å². The van der Waals surface area contributed by atoms with Crippen LogP contribution in [0.3, 0.4) is 0 Å². The van der Waals surface area contributed by atoms with Crippen molar-refractivity contribution in [1.82, 2.24) is 20.8 Å². The summed E-state index contributed by atoms with van der Waals surface area (Å²) in [6, 6.07) is 25.6. The summed E-state index contributed by atoms with van der Waals surface area (Å²) >= 11 is 4.69. The number of hydrogen-bond donors (Lipinski definition) is 3. The second kappa shape index (κ2) is 11.5. The van der Waals surface area contributed by atoms with Crippen molar-refractivity contribution in [2.24, 2.45) is 0 Å². The smallest absolute Gasteiger partial charge is 0.315 e. The molecule has 0 saturated carbocycles. The van der Waals surface area contributed by atoms with Crippen molar-refractivity contribution in [1.29, 1.82) is 0 Å². The first kappa shape index (κ1) is 23.6. The first-order valence-corrected chi connectivity index (χ1v) is 12.2. The maximum atomic E-state index is 13.1. The molecule has 7 nitrogen and oxygen atoms in total. The largest absolute Gasteiger partial charge is 0.334 e. The van der Waals surface area contributed by atoms with Crippen LogP contribution < -0.4 is 16.0 Å². The molecule has 0 aliphatic heterocycles. The highest BCUT2D eigenvalue weighted by Gasteiger charge is 2.23. The summed E-state index contributed by atoms with van der Waals surface area (Å²) in [6.45, 7) is 0.360. The predicted octanol–water partition coefficient (Wildman–Crippen LogP) is 5.02. The molecule has 1 atom stereocenters. The fourth-order valence-corrected chi connectivity index (χ4v) is 4.24. The van der Waals surface area contributed by atoms with Crippen LogP contribution in [0.2, 0.25) is 0 Å². The van der Waals surface area contributed by atoms with Gasteiger partial charge in [0.1, 0.15) is 11.0 Å². The number of anilines is 1. The van der Waals surface area contributed by atoms with Crippen LogP contribution in [0.5, 0.6) is 0 Å². The second-order valence-corrected chi connectivity index (χ2v) is 9.36. The number of benzene rings is 3. The number of urea groups is 1. The highest BCUT2D eigenvalue weighted by atomic mass is 79.9. The molecule has 3 amide bonds. The summed E-state index contributed by atoms with van der Waals surface area (Å²) in [5.41, 5.74) is 2.80. The summed E-state index contributed by atoms with van der Waals surface area (Å²) in [6.07, 6.45) is 0.337.